The number of rotatable bonds is 5. The van der Waals surface area contributed by atoms with Gasteiger partial charge in [0, 0.05) is 30.3 Å². The summed E-state index contributed by atoms with van der Waals surface area (Å²) in [6.07, 6.45) is 8.06. The van der Waals surface area contributed by atoms with Crippen molar-refractivity contribution in [2.75, 3.05) is 5.32 Å². The first kappa shape index (κ1) is 15.2. The van der Waals surface area contributed by atoms with Crippen molar-refractivity contribution in [3.63, 3.8) is 0 Å². The lowest BCUT2D eigenvalue weighted by Gasteiger charge is -2.29. The first-order valence-electron chi connectivity index (χ1n) is 8.73. The quantitative estimate of drug-likeness (QED) is 0.882. The second kappa shape index (κ2) is 6.63. The number of hydrogen-bond donors (Lipinski definition) is 2. The van der Waals surface area contributed by atoms with Crippen molar-refractivity contribution < 1.29 is 9.32 Å². The zero-order chi connectivity index (χ0) is 16.4. The zero-order valence-electron chi connectivity index (χ0n) is 13.6. The molecule has 2 N–H and O–H groups in total. The van der Waals surface area contributed by atoms with Crippen LogP contribution in [0.2, 0.25) is 0 Å². The Kier molecular flexibility index (Phi) is 4.19. The Morgan fingerprint density at radius 1 is 1.08 bits per heavy atom. The molecule has 6 heteroatoms. The van der Waals surface area contributed by atoms with Crippen molar-refractivity contribution in [3.8, 4) is 0 Å². The highest BCUT2D eigenvalue weighted by molar-refractivity contribution is 5.91. The second-order valence-corrected chi connectivity index (χ2v) is 6.77. The molecule has 2 aromatic heterocycles. The van der Waals surface area contributed by atoms with Crippen LogP contribution in [0.3, 0.4) is 0 Å². The number of aromatic nitrogens is 2. The predicted molar refractivity (Wildman–Crippen MR) is 89.8 cm³/mol. The summed E-state index contributed by atoms with van der Waals surface area (Å²) in [6.45, 7) is 0. The highest BCUT2D eigenvalue weighted by atomic mass is 16.5. The van der Waals surface area contributed by atoms with E-state index in [0.717, 1.165) is 50.0 Å². The zero-order valence-corrected chi connectivity index (χ0v) is 13.6. The van der Waals surface area contributed by atoms with Crippen molar-refractivity contribution in [3.05, 3.63) is 41.9 Å². The van der Waals surface area contributed by atoms with Crippen LogP contribution in [0.4, 0.5) is 5.82 Å². The van der Waals surface area contributed by atoms with Crippen LogP contribution in [0.15, 0.2) is 35.0 Å². The molecule has 2 fully saturated rings. The maximum absolute atomic E-state index is 12.3. The molecule has 0 spiro atoms. The number of nitrogens with one attached hydrogen (secondary N) is 2. The third-order valence-corrected chi connectivity index (χ3v) is 4.83. The Balaban J connectivity index is 1.25. The Labute approximate surface area is 141 Å². The van der Waals surface area contributed by atoms with Crippen LogP contribution in [0.1, 0.15) is 60.7 Å². The molecule has 126 valence electrons. The summed E-state index contributed by atoms with van der Waals surface area (Å²) in [7, 11) is 0. The molecule has 2 heterocycles. The lowest BCUT2D eigenvalue weighted by atomic mass is 9.91. The fraction of sp³-hybridized carbons (Fsp3) is 0.500. The molecule has 0 atom stereocenters. The molecular formula is C18H22N4O2. The van der Waals surface area contributed by atoms with E-state index >= 15 is 0 Å². The van der Waals surface area contributed by atoms with Gasteiger partial charge in [0.1, 0.15) is 5.82 Å². The molecule has 0 bridgehead atoms. The number of pyridine rings is 1. The van der Waals surface area contributed by atoms with Crippen LogP contribution >= 0.6 is 0 Å². The summed E-state index contributed by atoms with van der Waals surface area (Å²) in [6, 6.07) is 8.29. The largest absolute Gasteiger partial charge is 0.367 e. The molecule has 6 nitrogen and oxygen atoms in total. The summed E-state index contributed by atoms with van der Waals surface area (Å²) in [4.78, 5) is 16.6. The molecule has 4 rings (SSSR count). The molecule has 0 aliphatic heterocycles. The van der Waals surface area contributed by atoms with Crippen LogP contribution < -0.4 is 10.6 Å². The van der Waals surface area contributed by atoms with Gasteiger partial charge in [-0.2, -0.15) is 0 Å². The molecule has 1 amide bonds. The topological polar surface area (TPSA) is 80.0 Å². The number of hydrogen-bond acceptors (Lipinski definition) is 5. The number of amides is 1. The van der Waals surface area contributed by atoms with Crippen LogP contribution in [0, 0.1) is 0 Å². The molecule has 0 saturated heterocycles. The summed E-state index contributed by atoms with van der Waals surface area (Å²) in [5.41, 5.74) is 0.920. The van der Waals surface area contributed by atoms with Gasteiger partial charge in [-0.05, 0) is 50.7 Å². The van der Waals surface area contributed by atoms with E-state index in [4.69, 9.17) is 4.52 Å². The van der Waals surface area contributed by atoms with Gasteiger partial charge in [-0.25, -0.2) is 4.98 Å². The minimum absolute atomic E-state index is 0.143. The number of carbonyl (C=O) groups excluding carboxylic acids is 1. The lowest BCUT2D eigenvalue weighted by Crippen LogP contribution is -2.40. The lowest BCUT2D eigenvalue weighted by molar-refractivity contribution is 0.0889. The molecule has 2 aromatic rings. The average molecular weight is 326 g/mol. The van der Waals surface area contributed by atoms with Crippen LogP contribution in [-0.2, 0) is 0 Å². The van der Waals surface area contributed by atoms with Gasteiger partial charge in [0.25, 0.3) is 5.91 Å². The van der Waals surface area contributed by atoms with E-state index in [1.807, 2.05) is 18.2 Å². The van der Waals surface area contributed by atoms with Gasteiger partial charge in [-0.1, -0.05) is 11.2 Å². The Morgan fingerprint density at radius 3 is 2.58 bits per heavy atom. The number of carbonyl (C=O) groups is 1. The molecular weight excluding hydrogens is 304 g/mol. The van der Waals surface area contributed by atoms with Crippen molar-refractivity contribution >= 4 is 11.7 Å². The van der Waals surface area contributed by atoms with Crippen molar-refractivity contribution in [2.24, 2.45) is 0 Å². The smallest absolute Gasteiger partial charge is 0.290 e. The third-order valence-electron chi connectivity index (χ3n) is 4.83. The summed E-state index contributed by atoms with van der Waals surface area (Å²) in [5.74, 6) is 1.61. The van der Waals surface area contributed by atoms with E-state index in [0.29, 0.717) is 17.7 Å². The Bertz CT molecular complexity index is 688. The van der Waals surface area contributed by atoms with Crippen molar-refractivity contribution in [1.82, 2.24) is 15.5 Å². The highest BCUT2D eigenvalue weighted by Crippen LogP contribution is 2.39. The molecule has 2 aliphatic rings. The van der Waals surface area contributed by atoms with Gasteiger partial charge >= 0.3 is 0 Å². The van der Waals surface area contributed by atoms with Crippen LogP contribution in [0.5, 0.6) is 0 Å². The normalized spacial score (nSPS) is 23.7. The molecule has 0 radical (unpaired) electrons. The molecule has 2 saturated carbocycles. The van der Waals surface area contributed by atoms with Gasteiger partial charge in [-0.15, -0.1) is 0 Å². The van der Waals surface area contributed by atoms with Gasteiger partial charge in [0.2, 0.25) is 5.76 Å². The van der Waals surface area contributed by atoms with Gasteiger partial charge < -0.3 is 15.2 Å². The van der Waals surface area contributed by atoms with Gasteiger partial charge in [-0.3, -0.25) is 4.79 Å². The Hall–Kier alpha value is -2.37. The average Bonchev–Trinajstić information content (AvgIpc) is 3.34. The highest BCUT2D eigenvalue weighted by Gasteiger charge is 2.29. The summed E-state index contributed by atoms with van der Waals surface area (Å²) >= 11 is 0. The third kappa shape index (κ3) is 3.58. The number of nitrogens with zero attached hydrogens (tertiary/aromatic N) is 2. The maximum Gasteiger partial charge on any atom is 0.290 e. The number of anilines is 1. The predicted octanol–water partition coefficient (Wildman–Crippen LogP) is 3.10. The monoisotopic (exact) mass is 326 g/mol. The fourth-order valence-electron chi connectivity index (χ4n) is 3.26. The summed E-state index contributed by atoms with van der Waals surface area (Å²) < 4.78 is 5.19. The standard InChI is InChI=1S/C18H22N4O2/c23-18(16-11-15(22-24-16)12-4-5-12)21-14-8-6-13(7-9-14)20-17-3-1-2-10-19-17/h1-3,10-14H,4-9H2,(H,19,20)(H,21,23). The minimum Gasteiger partial charge on any atom is -0.367 e. The SMILES string of the molecule is O=C(NC1CCC(Nc2ccccn2)CC1)c1cc(C2CC2)no1. The van der Waals surface area contributed by atoms with Crippen LogP contribution in [0.25, 0.3) is 0 Å². The molecule has 0 unspecified atom stereocenters. The van der Waals surface area contributed by atoms with E-state index in [9.17, 15) is 4.79 Å². The van der Waals surface area contributed by atoms with E-state index in [1.165, 1.54) is 0 Å². The Morgan fingerprint density at radius 2 is 1.88 bits per heavy atom. The van der Waals surface area contributed by atoms with Gasteiger partial charge in [0.05, 0.1) is 5.69 Å². The van der Waals surface area contributed by atoms with E-state index in [1.54, 1.807) is 12.3 Å². The van der Waals surface area contributed by atoms with E-state index in [-0.39, 0.29) is 11.9 Å². The maximum atomic E-state index is 12.3. The fourth-order valence-corrected chi connectivity index (χ4v) is 3.26. The molecule has 0 aromatic carbocycles. The molecule has 2 aliphatic carbocycles. The summed E-state index contributed by atoms with van der Waals surface area (Å²) in [5, 5.41) is 10.5. The molecule has 24 heavy (non-hydrogen) atoms. The van der Waals surface area contributed by atoms with E-state index < -0.39 is 0 Å². The minimum atomic E-state index is -0.143. The second-order valence-electron chi connectivity index (χ2n) is 6.77. The van der Waals surface area contributed by atoms with Crippen LogP contribution in [-0.4, -0.2) is 28.1 Å². The van der Waals surface area contributed by atoms with E-state index in [2.05, 4.69) is 20.8 Å². The first-order valence-corrected chi connectivity index (χ1v) is 8.73. The van der Waals surface area contributed by atoms with Crippen molar-refractivity contribution in [1.29, 1.82) is 0 Å². The van der Waals surface area contributed by atoms with Gasteiger partial charge in [0.15, 0.2) is 0 Å². The van der Waals surface area contributed by atoms with Crippen molar-refractivity contribution in [2.45, 2.75) is 56.5 Å². The first-order chi connectivity index (χ1) is 11.8.